The van der Waals surface area contributed by atoms with Crippen LogP contribution in [0.25, 0.3) is 0 Å². The highest BCUT2D eigenvalue weighted by Crippen LogP contribution is 2.37. The maximum atomic E-state index is 10.2. The Balaban J connectivity index is 2.18. The van der Waals surface area contributed by atoms with Crippen LogP contribution in [0.3, 0.4) is 0 Å². The van der Waals surface area contributed by atoms with Gasteiger partial charge in [-0.05, 0) is 49.1 Å². The molecule has 1 aliphatic rings. The first-order valence-electron chi connectivity index (χ1n) is 6.50. The molecule has 1 aromatic rings. The molecule has 0 spiro atoms. The van der Waals surface area contributed by atoms with Crippen molar-refractivity contribution in [3.05, 3.63) is 34.9 Å². The van der Waals surface area contributed by atoms with Crippen molar-refractivity contribution < 1.29 is 10.2 Å². The van der Waals surface area contributed by atoms with Crippen LogP contribution >= 0.6 is 0 Å². The topological polar surface area (TPSA) is 40.5 Å². The van der Waals surface area contributed by atoms with Crippen LogP contribution < -0.4 is 0 Å². The van der Waals surface area contributed by atoms with Gasteiger partial charge in [-0.3, -0.25) is 0 Å². The summed E-state index contributed by atoms with van der Waals surface area (Å²) in [6.07, 6.45) is 2.37. The maximum absolute atomic E-state index is 10.2. The van der Waals surface area contributed by atoms with Gasteiger partial charge in [0.05, 0.1) is 6.10 Å². The molecular weight excluding hydrogens is 212 g/mol. The molecule has 3 atom stereocenters. The van der Waals surface area contributed by atoms with E-state index in [2.05, 4.69) is 32.0 Å². The smallest absolute Gasteiger partial charge is 0.0795 e. The van der Waals surface area contributed by atoms with Crippen molar-refractivity contribution in [2.24, 2.45) is 11.8 Å². The van der Waals surface area contributed by atoms with Crippen LogP contribution in [0.2, 0.25) is 0 Å². The van der Waals surface area contributed by atoms with Crippen molar-refractivity contribution in [2.45, 2.75) is 39.2 Å². The molecule has 0 amide bonds. The monoisotopic (exact) mass is 234 g/mol. The molecule has 0 saturated carbocycles. The highest BCUT2D eigenvalue weighted by molar-refractivity contribution is 5.35. The van der Waals surface area contributed by atoms with Gasteiger partial charge in [0.2, 0.25) is 0 Å². The number of hydrogen-bond donors (Lipinski definition) is 2. The van der Waals surface area contributed by atoms with Gasteiger partial charge in [0, 0.05) is 6.61 Å². The van der Waals surface area contributed by atoms with E-state index in [0.29, 0.717) is 11.8 Å². The van der Waals surface area contributed by atoms with E-state index in [-0.39, 0.29) is 12.7 Å². The van der Waals surface area contributed by atoms with Crippen molar-refractivity contribution in [3.63, 3.8) is 0 Å². The predicted molar refractivity (Wildman–Crippen MR) is 68.8 cm³/mol. The fourth-order valence-corrected chi connectivity index (χ4v) is 2.86. The maximum Gasteiger partial charge on any atom is 0.0795 e. The summed E-state index contributed by atoms with van der Waals surface area (Å²) in [7, 11) is 0. The van der Waals surface area contributed by atoms with Crippen LogP contribution in [0.15, 0.2) is 18.2 Å². The van der Waals surface area contributed by atoms with Crippen molar-refractivity contribution >= 4 is 0 Å². The van der Waals surface area contributed by atoms with E-state index in [1.54, 1.807) is 0 Å². The van der Waals surface area contributed by atoms with E-state index >= 15 is 0 Å². The summed E-state index contributed by atoms with van der Waals surface area (Å²) >= 11 is 0. The molecular formula is C15H22O2. The molecule has 0 saturated heterocycles. The van der Waals surface area contributed by atoms with Gasteiger partial charge < -0.3 is 10.2 Å². The summed E-state index contributed by atoms with van der Waals surface area (Å²) < 4.78 is 0. The molecule has 0 radical (unpaired) electrons. The lowest BCUT2D eigenvalue weighted by Crippen LogP contribution is -2.24. The molecule has 17 heavy (non-hydrogen) atoms. The zero-order valence-corrected chi connectivity index (χ0v) is 10.7. The Kier molecular flexibility index (Phi) is 3.85. The minimum atomic E-state index is -0.329. The first-order chi connectivity index (χ1) is 8.11. The van der Waals surface area contributed by atoms with E-state index in [1.807, 2.05) is 0 Å². The summed E-state index contributed by atoms with van der Waals surface area (Å²) in [6.45, 7) is 4.48. The number of benzene rings is 1. The normalized spacial score (nSPS) is 25.4. The third-order valence-corrected chi connectivity index (χ3v) is 4.06. The average molecular weight is 234 g/mol. The summed E-state index contributed by atoms with van der Waals surface area (Å²) in [5.41, 5.74) is 3.60. The van der Waals surface area contributed by atoms with Crippen LogP contribution in [-0.2, 0) is 6.42 Å². The zero-order chi connectivity index (χ0) is 12.4. The van der Waals surface area contributed by atoms with Crippen molar-refractivity contribution in [3.8, 4) is 0 Å². The Hall–Kier alpha value is -0.860. The minimum absolute atomic E-state index is 0.245. The van der Waals surface area contributed by atoms with Gasteiger partial charge in [0.15, 0.2) is 0 Å². The number of aliphatic hydroxyl groups is 2. The van der Waals surface area contributed by atoms with Crippen LogP contribution in [0.1, 0.15) is 42.6 Å². The highest BCUT2D eigenvalue weighted by atomic mass is 16.3. The van der Waals surface area contributed by atoms with Crippen molar-refractivity contribution in [2.75, 3.05) is 6.61 Å². The number of rotatable bonds is 3. The van der Waals surface area contributed by atoms with E-state index in [1.165, 1.54) is 11.1 Å². The first-order valence-corrected chi connectivity index (χ1v) is 6.50. The molecule has 0 fully saturated rings. The average Bonchev–Trinajstić information content (AvgIpc) is 2.30. The van der Waals surface area contributed by atoms with Crippen LogP contribution in [0.4, 0.5) is 0 Å². The fraction of sp³-hybridized carbons (Fsp3) is 0.600. The second-order valence-corrected chi connectivity index (χ2v) is 5.41. The number of fused-ring (bicyclic) bond motifs is 1. The number of aryl methyl sites for hydroxylation is 1. The van der Waals surface area contributed by atoms with Gasteiger partial charge in [0.25, 0.3) is 0 Å². The van der Waals surface area contributed by atoms with Gasteiger partial charge >= 0.3 is 0 Å². The van der Waals surface area contributed by atoms with E-state index in [0.717, 1.165) is 24.8 Å². The molecule has 1 aliphatic carbocycles. The lowest BCUT2D eigenvalue weighted by molar-refractivity contribution is 0.106. The SMILES string of the molecule is Cc1ccc2c(c1)C(O)C[C@H](C(C)CCO)C2. The Morgan fingerprint density at radius 1 is 1.41 bits per heavy atom. The predicted octanol–water partition coefficient (Wildman–Crippen LogP) is 2.61. The van der Waals surface area contributed by atoms with Crippen LogP contribution in [0.5, 0.6) is 0 Å². The lowest BCUT2D eigenvalue weighted by Gasteiger charge is -2.32. The van der Waals surface area contributed by atoms with Crippen molar-refractivity contribution in [1.29, 1.82) is 0 Å². The van der Waals surface area contributed by atoms with Gasteiger partial charge in [-0.25, -0.2) is 0 Å². The van der Waals surface area contributed by atoms with Gasteiger partial charge in [-0.2, -0.15) is 0 Å². The van der Waals surface area contributed by atoms with E-state index in [4.69, 9.17) is 5.11 Å². The highest BCUT2D eigenvalue weighted by Gasteiger charge is 2.28. The summed E-state index contributed by atoms with van der Waals surface area (Å²) in [6, 6.07) is 6.36. The summed E-state index contributed by atoms with van der Waals surface area (Å²) in [5.74, 6) is 0.969. The van der Waals surface area contributed by atoms with Crippen LogP contribution in [0, 0.1) is 18.8 Å². The van der Waals surface area contributed by atoms with Gasteiger partial charge in [-0.1, -0.05) is 30.7 Å². The fourth-order valence-electron chi connectivity index (χ4n) is 2.86. The van der Waals surface area contributed by atoms with Crippen LogP contribution in [-0.4, -0.2) is 16.8 Å². The number of hydrogen-bond acceptors (Lipinski definition) is 2. The zero-order valence-electron chi connectivity index (χ0n) is 10.7. The quantitative estimate of drug-likeness (QED) is 0.844. The Labute approximate surface area is 103 Å². The second kappa shape index (κ2) is 5.19. The molecule has 94 valence electrons. The molecule has 2 unspecified atom stereocenters. The molecule has 2 rings (SSSR count). The molecule has 1 aromatic carbocycles. The third-order valence-electron chi connectivity index (χ3n) is 4.06. The van der Waals surface area contributed by atoms with Gasteiger partial charge in [0.1, 0.15) is 0 Å². The molecule has 0 bridgehead atoms. The third kappa shape index (κ3) is 2.70. The molecule has 2 heteroatoms. The molecule has 2 nitrogen and oxygen atoms in total. The molecule has 2 N–H and O–H groups in total. The molecule has 0 aromatic heterocycles. The number of aliphatic hydroxyl groups excluding tert-OH is 2. The second-order valence-electron chi connectivity index (χ2n) is 5.41. The Bertz CT molecular complexity index is 387. The lowest BCUT2D eigenvalue weighted by atomic mass is 9.75. The van der Waals surface area contributed by atoms with E-state index in [9.17, 15) is 5.11 Å². The molecule has 0 heterocycles. The van der Waals surface area contributed by atoms with E-state index < -0.39 is 0 Å². The Morgan fingerprint density at radius 2 is 2.18 bits per heavy atom. The standard InChI is InChI=1S/C15H22O2/c1-10-3-4-12-8-13(11(2)5-6-16)9-15(17)14(12)7-10/h3-4,7,11,13,15-17H,5-6,8-9H2,1-2H3/t11?,13-,15?/m1/s1. The Morgan fingerprint density at radius 3 is 2.88 bits per heavy atom. The largest absolute Gasteiger partial charge is 0.396 e. The summed E-state index contributed by atoms with van der Waals surface area (Å²) in [5, 5.41) is 19.2. The van der Waals surface area contributed by atoms with Crippen molar-refractivity contribution in [1.82, 2.24) is 0 Å². The summed E-state index contributed by atoms with van der Waals surface area (Å²) in [4.78, 5) is 0. The first kappa shape index (κ1) is 12.6. The van der Waals surface area contributed by atoms with Gasteiger partial charge in [-0.15, -0.1) is 0 Å². The molecule has 0 aliphatic heterocycles. The minimum Gasteiger partial charge on any atom is -0.396 e.